The molecule has 0 unspecified atom stereocenters. The van der Waals surface area contributed by atoms with E-state index in [-0.39, 0.29) is 18.9 Å². The second-order valence-electron chi connectivity index (χ2n) is 7.72. The van der Waals surface area contributed by atoms with Crippen molar-refractivity contribution < 1.29 is 13.9 Å². The Morgan fingerprint density at radius 1 is 1.23 bits per heavy atom. The number of amides is 1. The number of hydrogen-bond acceptors (Lipinski definition) is 4. The quantitative estimate of drug-likeness (QED) is 0.713. The van der Waals surface area contributed by atoms with E-state index in [0.717, 1.165) is 16.1 Å². The van der Waals surface area contributed by atoms with Crippen LogP contribution in [0.5, 0.6) is 0 Å². The van der Waals surface area contributed by atoms with Crippen LogP contribution in [-0.2, 0) is 10.4 Å². The Kier molecular flexibility index (Phi) is 5.06. The Balaban J connectivity index is 1.72. The third kappa shape index (κ3) is 4.06. The van der Waals surface area contributed by atoms with E-state index >= 15 is 4.39 Å². The van der Waals surface area contributed by atoms with Gasteiger partial charge in [0.2, 0.25) is 0 Å². The summed E-state index contributed by atoms with van der Waals surface area (Å²) in [7, 11) is 0. The molecule has 1 aromatic heterocycles. The highest BCUT2D eigenvalue weighted by Crippen LogP contribution is 2.41. The van der Waals surface area contributed by atoms with Gasteiger partial charge in [-0.1, -0.05) is 30.3 Å². The average molecular weight is 376 g/mol. The summed E-state index contributed by atoms with van der Waals surface area (Å²) in [5.41, 5.74) is -0.182. The van der Waals surface area contributed by atoms with Gasteiger partial charge in [0.05, 0.1) is 5.69 Å². The molecule has 4 nitrogen and oxygen atoms in total. The van der Waals surface area contributed by atoms with E-state index in [1.54, 1.807) is 4.90 Å². The highest BCUT2D eigenvalue weighted by atomic mass is 32.1. The second-order valence-corrected chi connectivity index (χ2v) is 8.93. The van der Waals surface area contributed by atoms with Crippen molar-refractivity contribution in [2.75, 3.05) is 13.1 Å². The van der Waals surface area contributed by atoms with Crippen molar-refractivity contribution in [3.8, 4) is 11.3 Å². The van der Waals surface area contributed by atoms with Crippen LogP contribution in [0, 0.1) is 6.92 Å². The topological polar surface area (TPSA) is 42.4 Å². The molecule has 1 saturated heterocycles. The van der Waals surface area contributed by atoms with Gasteiger partial charge >= 0.3 is 6.09 Å². The summed E-state index contributed by atoms with van der Waals surface area (Å²) in [4.78, 5) is 19.4. The normalized spacial score (nSPS) is 17.2. The van der Waals surface area contributed by atoms with Crippen molar-refractivity contribution in [3.63, 3.8) is 0 Å². The average Bonchev–Trinajstić information content (AvgIpc) is 2.97. The van der Waals surface area contributed by atoms with Gasteiger partial charge in [0.1, 0.15) is 10.6 Å². The number of thiazole rings is 1. The SMILES string of the molecule is Cc1sc(C2(F)CCN(C(=O)OC(C)(C)C)CC2)nc1-c1ccccc1. The van der Waals surface area contributed by atoms with E-state index in [1.165, 1.54) is 11.3 Å². The van der Waals surface area contributed by atoms with Crippen molar-refractivity contribution >= 4 is 17.4 Å². The van der Waals surface area contributed by atoms with Crippen LogP contribution < -0.4 is 0 Å². The second kappa shape index (κ2) is 6.99. The predicted molar refractivity (Wildman–Crippen MR) is 102 cm³/mol. The van der Waals surface area contributed by atoms with Crippen LogP contribution in [0.15, 0.2) is 30.3 Å². The largest absolute Gasteiger partial charge is 0.444 e. The number of carbonyl (C=O) groups is 1. The molecule has 6 heteroatoms. The number of aryl methyl sites for hydroxylation is 1. The number of benzene rings is 1. The molecular formula is C20H25FN2O2S. The minimum atomic E-state index is -1.49. The number of carbonyl (C=O) groups excluding carboxylic acids is 1. The van der Waals surface area contributed by atoms with Crippen molar-refractivity contribution in [1.82, 2.24) is 9.88 Å². The van der Waals surface area contributed by atoms with Crippen LogP contribution >= 0.6 is 11.3 Å². The molecule has 0 aliphatic carbocycles. The molecule has 1 aromatic carbocycles. The Labute approximate surface area is 158 Å². The van der Waals surface area contributed by atoms with Gasteiger partial charge in [-0.3, -0.25) is 0 Å². The molecule has 1 fully saturated rings. The highest BCUT2D eigenvalue weighted by Gasteiger charge is 2.41. The summed E-state index contributed by atoms with van der Waals surface area (Å²) in [6.45, 7) is 8.14. The molecule has 0 atom stereocenters. The van der Waals surface area contributed by atoms with Crippen LogP contribution in [0.1, 0.15) is 43.5 Å². The van der Waals surface area contributed by atoms with Crippen LogP contribution in [0.4, 0.5) is 9.18 Å². The number of nitrogens with zero attached hydrogens (tertiary/aromatic N) is 2. The Morgan fingerprint density at radius 2 is 1.85 bits per heavy atom. The molecule has 2 aromatic rings. The number of aromatic nitrogens is 1. The van der Waals surface area contributed by atoms with Crippen molar-refractivity contribution in [1.29, 1.82) is 0 Å². The highest BCUT2D eigenvalue weighted by molar-refractivity contribution is 7.12. The van der Waals surface area contributed by atoms with E-state index in [0.29, 0.717) is 18.1 Å². The fraction of sp³-hybridized carbons (Fsp3) is 0.500. The first kappa shape index (κ1) is 18.8. The van der Waals surface area contributed by atoms with Gasteiger partial charge in [0.25, 0.3) is 0 Å². The lowest BCUT2D eigenvalue weighted by molar-refractivity contribution is 0.00217. The van der Waals surface area contributed by atoms with Crippen LogP contribution in [0.2, 0.25) is 0 Å². The maximum Gasteiger partial charge on any atom is 0.410 e. The molecule has 26 heavy (non-hydrogen) atoms. The minimum absolute atomic E-state index is 0.243. The molecular weight excluding hydrogens is 351 g/mol. The number of piperidine rings is 1. The number of hydrogen-bond donors (Lipinski definition) is 0. The van der Waals surface area contributed by atoms with Crippen molar-refractivity contribution in [2.45, 2.75) is 51.8 Å². The van der Waals surface area contributed by atoms with Crippen LogP contribution in [0.25, 0.3) is 11.3 Å². The van der Waals surface area contributed by atoms with Gasteiger partial charge in [0.15, 0.2) is 5.67 Å². The Morgan fingerprint density at radius 3 is 2.42 bits per heavy atom. The van der Waals surface area contributed by atoms with E-state index in [9.17, 15) is 4.79 Å². The van der Waals surface area contributed by atoms with Crippen molar-refractivity contribution in [2.24, 2.45) is 0 Å². The van der Waals surface area contributed by atoms with Gasteiger partial charge in [-0.25, -0.2) is 14.2 Å². The molecule has 0 N–H and O–H groups in total. The van der Waals surface area contributed by atoms with Gasteiger partial charge in [-0.2, -0.15) is 0 Å². The number of rotatable bonds is 2. The van der Waals surface area contributed by atoms with Crippen LogP contribution in [-0.4, -0.2) is 34.7 Å². The Hall–Kier alpha value is -1.95. The number of likely N-dealkylation sites (tertiary alicyclic amines) is 1. The summed E-state index contributed by atoms with van der Waals surface area (Å²) < 4.78 is 20.9. The fourth-order valence-corrected chi connectivity index (χ4v) is 4.11. The molecule has 140 valence electrons. The molecule has 3 rings (SSSR count). The smallest absolute Gasteiger partial charge is 0.410 e. The molecule has 0 saturated carbocycles. The third-order valence-corrected chi connectivity index (χ3v) is 5.58. The monoisotopic (exact) mass is 376 g/mol. The van der Waals surface area contributed by atoms with Crippen LogP contribution in [0.3, 0.4) is 0 Å². The zero-order valence-corrected chi connectivity index (χ0v) is 16.5. The molecule has 2 heterocycles. The lowest BCUT2D eigenvalue weighted by Crippen LogP contribution is -2.45. The standard InChI is InChI=1S/C20H25FN2O2S/c1-14-16(15-8-6-5-7-9-15)22-17(26-14)20(21)10-12-23(13-11-20)18(24)25-19(2,3)4/h5-9H,10-13H2,1-4H3. The Bertz CT molecular complexity index is 775. The summed E-state index contributed by atoms with van der Waals surface area (Å²) in [5, 5.41) is 0.512. The van der Waals surface area contributed by atoms with Gasteiger partial charge < -0.3 is 9.64 Å². The van der Waals surface area contributed by atoms with Gasteiger partial charge in [-0.05, 0) is 27.7 Å². The number of halogens is 1. The molecule has 1 aliphatic rings. The minimum Gasteiger partial charge on any atom is -0.444 e. The lowest BCUT2D eigenvalue weighted by atomic mass is 9.94. The maximum atomic E-state index is 15.6. The van der Waals surface area contributed by atoms with E-state index in [4.69, 9.17) is 4.74 Å². The first-order valence-electron chi connectivity index (χ1n) is 8.88. The number of ether oxygens (including phenoxy) is 1. The summed E-state index contributed by atoms with van der Waals surface area (Å²) in [6, 6.07) is 9.84. The first-order valence-corrected chi connectivity index (χ1v) is 9.70. The zero-order valence-electron chi connectivity index (χ0n) is 15.7. The lowest BCUT2D eigenvalue weighted by Gasteiger charge is -2.36. The molecule has 0 spiro atoms. The van der Waals surface area contributed by atoms with Gasteiger partial charge in [0, 0.05) is 36.4 Å². The summed E-state index contributed by atoms with van der Waals surface area (Å²) in [6.07, 6.45) is 0.112. The molecule has 1 amide bonds. The first-order chi connectivity index (χ1) is 12.2. The van der Waals surface area contributed by atoms with E-state index in [1.807, 2.05) is 58.0 Å². The summed E-state index contributed by atoms with van der Waals surface area (Å²) >= 11 is 1.41. The molecule has 0 bridgehead atoms. The zero-order chi connectivity index (χ0) is 18.9. The third-order valence-electron chi connectivity index (χ3n) is 4.43. The van der Waals surface area contributed by atoms with E-state index in [2.05, 4.69) is 4.98 Å². The summed E-state index contributed by atoms with van der Waals surface area (Å²) in [5.74, 6) is 0. The fourth-order valence-electron chi connectivity index (χ4n) is 3.04. The number of alkyl halides is 1. The van der Waals surface area contributed by atoms with E-state index < -0.39 is 11.3 Å². The predicted octanol–water partition coefficient (Wildman–Crippen LogP) is 5.31. The molecule has 0 radical (unpaired) electrons. The maximum absolute atomic E-state index is 15.6. The van der Waals surface area contributed by atoms with Crippen molar-refractivity contribution in [3.05, 3.63) is 40.2 Å². The van der Waals surface area contributed by atoms with Gasteiger partial charge in [-0.15, -0.1) is 11.3 Å². The molecule has 1 aliphatic heterocycles.